The van der Waals surface area contributed by atoms with E-state index in [2.05, 4.69) is 4.98 Å². The number of hydrogen-bond donors (Lipinski definition) is 0. The summed E-state index contributed by atoms with van der Waals surface area (Å²) >= 11 is 0. The highest BCUT2D eigenvalue weighted by Gasteiger charge is 2.12. The predicted molar refractivity (Wildman–Crippen MR) is 72.2 cm³/mol. The summed E-state index contributed by atoms with van der Waals surface area (Å²) in [4.78, 5) is 16.4. The molecule has 1 heterocycles. The molecule has 0 unspecified atom stereocenters. The SMILES string of the molecule is CCCC(=O)c1ccc(OCC)c2ncccc12. The van der Waals surface area contributed by atoms with Crippen LogP contribution in [0.4, 0.5) is 0 Å². The summed E-state index contributed by atoms with van der Waals surface area (Å²) in [5, 5.41) is 0.877. The van der Waals surface area contributed by atoms with Gasteiger partial charge in [-0.25, -0.2) is 0 Å². The standard InChI is InChI=1S/C15H17NO2/c1-3-6-13(17)11-8-9-14(18-4-2)15-12(11)7-5-10-16-15/h5,7-10H,3-4,6H2,1-2H3. The Morgan fingerprint density at radius 2 is 2.11 bits per heavy atom. The number of ketones is 1. The molecule has 2 aromatic rings. The van der Waals surface area contributed by atoms with Gasteiger partial charge in [0.1, 0.15) is 11.3 Å². The van der Waals surface area contributed by atoms with E-state index < -0.39 is 0 Å². The van der Waals surface area contributed by atoms with Gasteiger partial charge in [0.05, 0.1) is 6.61 Å². The molecule has 0 aliphatic heterocycles. The van der Waals surface area contributed by atoms with E-state index in [1.807, 2.05) is 38.1 Å². The maximum atomic E-state index is 12.1. The molecule has 0 aliphatic rings. The highest BCUT2D eigenvalue weighted by molar-refractivity contribution is 6.08. The van der Waals surface area contributed by atoms with Crippen LogP contribution < -0.4 is 4.74 Å². The van der Waals surface area contributed by atoms with Crippen molar-refractivity contribution in [2.24, 2.45) is 0 Å². The lowest BCUT2D eigenvalue weighted by atomic mass is 10.0. The molecule has 0 atom stereocenters. The van der Waals surface area contributed by atoms with Gasteiger partial charge in [0.2, 0.25) is 0 Å². The first-order valence-corrected chi connectivity index (χ1v) is 6.31. The van der Waals surface area contributed by atoms with Crippen LogP contribution in [0.5, 0.6) is 5.75 Å². The number of pyridine rings is 1. The molecule has 0 radical (unpaired) electrons. The van der Waals surface area contributed by atoms with E-state index in [-0.39, 0.29) is 5.78 Å². The third kappa shape index (κ3) is 2.35. The zero-order valence-electron chi connectivity index (χ0n) is 10.8. The number of hydrogen-bond acceptors (Lipinski definition) is 3. The lowest BCUT2D eigenvalue weighted by Crippen LogP contribution is -2.01. The van der Waals surface area contributed by atoms with Crippen LogP contribution in [0.3, 0.4) is 0 Å². The first-order valence-electron chi connectivity index (χ1n) is 6.31. The maximum Gasteiger partial charge on any atom is 0.163 e. The van der Waals surface area contributed by atoms with Crippen LogP contribution in [0, 0.1) is 0 Å². The predicted octanol–water partition coefficient (Wildman–Crippen LogP) is 3.62. The minimum atomic E-state index is 0.165. The van der Waals surface area contributed by atoms with E-state index in [4.69, 9.17) is 4.74 Å². The highest BCUT2D eigenvalue weighted by atomic mass is 16.5. The molecular formula is C15H17NO2. The second-order valence-electron chi connectivity index (χ2n) is 4.12. The van der Waals surface area contributed by atoms with Gasteiger partial charge in [-0.05, 0) is 31.5 Å². The summed E-state index contributed by atoms with van der Waals surface area (Å²) in [6.45, 7) is 4.53. The fraction of sp³-hybridized carbons (Fsp3) is 0.333. The summed E-state index contributed by atoms with van der Waals surface area (Å²) < 4.78 is 5.54. The molecule has 0 spiro atoms. The molecule has 0 N–H and O–H groups in total. The molecule has 1 aromatic carbocycles. The number of aromatic nitrogens is 1. The minimum absolute atomic E-state index is 0.165. The average molecular weight is 243 g/mol. The van der Waals surface area contributed by atoms with Gasteiger partial charge >= 0.3 is 0 Å². The maximum absolute atomic E-state index is 12.1. The number of ether oxygens (including phenoxy) is 1. The van der Waals surface area contributed by atoms with Crippen LogP contribution in [-0.4, -0.2) is 17.4 Å². The van der Waals surface area contributed by atoms with E-state index in [9.17, 15) is 4.79 Å². The van der Waals surface area contributed by atoms with E-state index in [1.165, 1.54) is 0 Å². The van der Waals surface area contributed by atoms with Crippen LogP contribution in [0.25, 0.3) is 10.9 Å². The van der Waals surface area contributed by atoms with Crippen LogP contribution in [0.15, 0.2) is 30.5 Å². The molecular weight excluding hydrogens is 226 g/mol. The molecule has 0 amide bonds. The molecule has 3 heteroatoms. The smallest absolute Gasteiger partial charge is 0.163 e. The second-order valence-corrected chi connectivity index (χ2v) is 4.12. The Hall–Kier alpha value is -1.90. The number of fused-ring (bicyclic) bond motifs is 1. The summed E-state index contributed by atoms with van der Waals surface area (Å²) in [5.74, 6) is 0.902. The number of carbonyl (C=O) groups excluding carboxylic acids is 1. The molecule has 3 nitrogen and oxygen atoms in total. The summed E-state index contributed by atoms with van der Waals surface area (Å²) in [6, 6.07) is 7.45. The zero-order chi connectivity index (χ0) is 13.0. The van der Waals surface area contributed by atoms with Crippen LogP contribution in [0.2, 0.25) is 0 Å². The average Bonchev–Trinajstić information content (AvgIpc) is 2.39. The van der Waals surface area contributed by atoms with Gasteiger partial charge in [-0.1, -0.05) is 13.0 Å². The number of Topliss-reactive ketones (excluding diaryl/α,β-unsaturated/α-hetero) is 1. The number of benzene rings is 1. The molecule has 18 heavy (non-hydrogen) atoms. The Morgan fingerprint density at radius 3 is 2.83 bits per heavy atom. The van der Waals surface area contributed by atoms with Crippen molar-refractivity contribution in [1.82, 2.24) is 4.98 Å². The quantitative estimate of drug-likeness (QED) is 0.753. The number of rotatable bonds is 5. The van der Waals surface area contributed by atoms with Gasteiger partial charge in [-0.3, -0.25) is 9.78 Å². The molecule has 0 saturated carbocycles. The van der Waals surface area contributed by atoms with Crippen molar-refractivity contribution in [3.05, 3.63) is 36.0 Å². The normalized spacial score (nSPS) is 10.6. The highest BCUT2D eigenvalue weighted by Crippen LogP contribution is 2.27. The fourth-order valence-corrected chi connectivity index (χ4v) is 2.02. The Labute approximate surface area is 107 Å². The van der Waals surface area contributed by atoms with Crippen molar-refractivity contribution in [2.75, 3.05) is 6.61 Å². The van der Waals surface area contributed by atoms with Gasteiger partial charge in [0.25, 0.3) is 0 Å². The molecule has 0 aliphatic carbocycles. The summed E-state index contributed by atoms with van der Waals surface area (Å²) in [5.41, 5.74) is 1.50. The van der Waals surface area contributed by atoms with Crippen molar-refractivity contribution in [1.29, 1.82) is 0 Å². The topological polar surface area (TPSA) is 39.2 Å². The second kappa shape index (κ2) is 5.63. The third-order valence-electron chi connectivity index (χ3n) is 2.81. The van der Waals surface area contributed by atoms with Gasteiger partial charge in [-0.15, -0.1) is 0 Å². The van der Waals surface area contributed by atoms with Crippen molar-refractivity contribution in [2.45, 2.75) is 26.7 Å². The fourth-order valence-electron chi connectivity index (χ4n) is 2.02. The lowest BCUT2D eigenvalue weighted by molar-refractivity contribution is 0.0983. The monoisotopic (exact) mass is 243 g/mol. The Kier molecular flexibility index (Phi) is 3.92. The number of nitrogens with zero attached hydrogens (tertiary/aromatic N) is 1. The minimum Gasteiger partial charge on any atom is -0.492 e. The third-order valence-corrected chi connectivity index (χ3v) is 2.81. The first-order chi connectivity index (χ1) is 8.77. The van der Waals surface area contributed by atoms with Crippen LogP contribution in [-0.2, 0) is 0 Å². The van der Waals surface area contributed by atoms with E-state index >= 15 is 0 Å². The first kappa shape index (κ1) is 12.6. The van der Waals surface area contributed by atoms with Gasteiger partial charge in [-0.2, -0.15) is 0 Å². The zero-order valence-corrected chi connectivity index (χ0v) is 10.8. The van der Waals surface area contributed by atoms with Gasteiger partial charge in [0.15, 0.2) is 5.78 Å². The molecule has 94 valence electrons. The molecule has 1 aromatic heterocycles. The van der Waals surface area contributed by atoms with Gasteiger partial charge < -0.3 is 4.74 Å². The number of carbonyl (C=O) groups is 1. The Balaban J connectivity index is 2.57. The summed E-state index contributed by atoms with van der Waals surface area (Å²) in [7, 11) is 0. The molecule has 0 fully saturated rings. The largest absolute Gasteiger partial charge is 0.492 e. The van der Waals surface area contributed by atoms with Crippen molar-refractivity contribution < 1.29 is 9.53 Å². The lowest BCUT2D eigenvalue weighted by Gasteiger charge is -2.09. The van der Waals surface area contributed by atoms with E-state index in [0.29, 0.717) is 13.0 Å². The Morgan fingerprint density at radius 1 is 1.28 bits per heavy atom. The molecule has 2 rings (SSSR count). The van der Waals surface area contributed by atoms with Gasteiger partial charge in [0, 0.05) is 23.6 Å². The van der Waals surface area contributed by atoms with Crippen molar-refractivity contribution in [3.63, 3.8) is 0 Å². The molecule has 0 saturated heterocycles. The van der Waals surface area contributed by atoms with E-state index in [0.717, 1.165) is 28.6 Å². The van der Waals surface area contributed by atoms with Crippen LogP contribution in [0.1, 0.15) is 37.0 Å². The molecule has 0 bridgehead atoms. The summed E-state index contributed by atoms with van der Waals surface area (Å²) in [6.07, 6.45) is 3.14. The van der Waals surface area contributed by atoms with Crippen molar-refractivity contribution >= 4 is 16.7 Å². The van der Waals surface area contributed by atoms with Crippen molar-refractivity contribution in [3.8, 4) is 5.75 Å². The van der Waals surface area contributed by atoms with Crippen LogP contribution >= 0.6 is 0 Å². The Bertz CT molecular complexity index is 563. The van der Waals surface area contributed by atoms with E-state index in [1.54, 1.807) is 6.20 Å².